The van der Waals surface area contributed by atoms with E-state index < -0.39 is 0 Å². The van der Waals surface area contributed by atoms with Crippen molar-refractivity contribution >= 4 is 11.3 Å². The first kappa shape index (κ1) is 8.89. The third-order valence-corrected chi connectivity index (χ3v) is 4.66. The lowest BCUT2D eigenvalue weighted by molar-refractivity contribution is 0.0486. The van der Waals surface area contributed by atoms with Crippen LogP contribution in [0.5, 0.6) is 0 Å². The fourth-order valence-electron chi connectivity index (χ4n) is 2.62. The summed E-state index contributed by atoms with van der Waals surface area (Å²) in [5, 5.41) is 5.77. The van der Waals surface area contributed by atoms with Crippen LogP contribution in [0.15, 0.2) is 11.4 Å². The fraction of sp³-hybridized carbons (Fsp3) is 0.636. The smallest absolute Gasteiger partial charge is 0.0475 e. The Labute approximate surface area is 88.3 Å². The lowest BCUT2D eigenvalue weighted by Crippen LogP contribution is -2.45. The van der Waals surface area contributed by atoms with Gasteiger partial charge < -0.3 is 10.1 Å². The molecule has 3 heteroatoms. The Balaban J connectivity index is 2.01. The van der Waals surface area contributed by atoms with Crippen LogP contribution >= 0.6 is 11.3 Å². The summed E-state index contributed by atoms with van der Waals surface area (Å²) in [6.45, 7) is 4.06. The van der Waals surface area contributed by atoms with Gasteiger partial charge in [0, 0.05) is 36.6 Å². The van der Waals surface area contributed by atoms with Crippen LogP contribution in [0.1, 0.15) is 23.3 Å². The minimum absolute atomic E-state index is 0.403. The zero-order chi connectivity index (χ0) is 9.43. The topological polar surface area (TPSA) is 21.3 Å². The van der Waals surface area contributed by atoms with Crippen LogP contribution in [-0.2, 0) is 16.7 Å². The van der Waals surface area contributed by atoms with Crippen LogP contribution in [-0.4, -0.2) is 19.8 Å². The molecule has 0 unspecified atom stereocenters. The van der Waals surface area contributed by atoms with Gasteiger partial charge in [0.05, 0.1) is 0 Å². The van der Waals surface area contributed by atoms with Gasteiger partial charge in [0.15, 0.2) is 0 Å². The predicted molar refractivity (Wildman–Crippen MR) is 57.8 cm³/mol. The Morgan fingerprint density at radius 1 is 1.36 bits per heavy atom. The number of rotatable bonds is 0. The lowest BCUT2D eigenvalue weighted by Gasteiger charge is -2.40. The molecule has 76 valence electrons. The Hall–Kier alpha value is -0.380. The maximum absolute atomic E-state index is 5.47. The minimum atomic E-state index is 0.403. The Morgan fingerprint density at radius 2 is 2.21 bits per heavy atom. The minimum Gasteiger partial charge on any atom is -0.381 e. The lowest BCUT2D eigenvalue weighted by atomic mass is 9.75. The van der Waals surface area contributed by atoms with Gasteiger partial charge in [-0.25, -0.2) is 0 Å². The van der Waals surface area contributed by atoms with Crippen molar-refractivity contribution < 1.29 is 4.74 Å². The monoisotopic (exact) mass is 209 g/mol. The zero-order valence-electron chi connectivity index (χ0n) is 8.21. The normalized spacial score (nSPS) is 24.9. The molecule has 1 aromatic rings. The molecule has 14 heavy (non-hydrogen) atoms. The Kier molecular flexibility index (Phi) is 2.11. The van der Waals surface area contributed by atoms with Gasteiger partial charge in [-0.15, -0.1) is 11.3 Å². The van der Waals surface area contributed by atoms with E-state index in [9.17, 15) is 0 Å². The highest BCUT2D eigenvalue weighted by Gasteiger charge is 2.38. The zero-order valence-corrected chi connectivity index (χ0v) is 9.03. The van der Waals surface area contributed by atoms with Gasteiger partial charge in [0.1, 0.15) is 0 Å². The number of fused-ring (bicyclic) bond motifs is 2. The van der Waals surface area contributed by atoms with E-state index in [4.69, 9.17) is 4.74 Å². The van der Waals surface area contributed by atoms with Gasteiger partial charge in [-0.2, -0.15) is 0 Å². The molecule has 0 amide bonds. The molecule has 0 atom stereocenters. The standard InChI is InChI=1S/C11H15NOS/c1-6-14-10-9(1)7-12-8-11(10)2-4-13-5-3-11/h1,6,12H,2-5,7-8H2. The molecule has 2 aliphatic rings. The van der Waals surface area contributed by atoms with E-state index in [-0.39, 0.29) is 0 Å². The summed E-state index contributed by atoms with van der Waals surface area (Å²) in [7, 11) is 0. The van der Waals surface area contributed by atoms with Crippen molar-refractivity contribution in [2.45, 2.75) is 24.8 Å². The molecule has 2 nitrogen and oxygen atoms in total. The van der Waals surface area contributed by atoms with Crippen molar-refractivity contribution in [2.24, 2.45) is 0 Å². The third kappa shape index (κ3) is 1.23. The molecule has 0 aliphatic carbocycles. The van der Waals surface area contributed by atoms with Gasteiger partial charge in [-0.3, -0.25) is 0 Å². The number of hydrogen-bond acceptors (Lipinski definition) is 3. The molecule has 0 radical (unpaired) electrons. The van der Waals surface area contributed by atoms with E-state index in [0.29, 0.717) is 5.41 Å². The first-order chi connectivity index (χ1) is 6.91. The molecule has 1 spiro atoms. The summed E-state index contributed by atoms with van der Waals surface area (Å²) in [5.41, 5.74) is 1.92. The summed E-state index contributed by atoms with van der Waals surface area (Å²) in [5.74, 6) is 0. The average Bonchev–Trinajstić information content (AvgIpc) is 2.69. The summed E-state index contributed by atoms with van der Waals surface area (Å²) in [6, 6.07) is 2.27. The number of hydrogen-bond donors (Lipinski definition) is 1. The maximum Gasteiger partial charge on any atom is 0.0475 e. The SMILES string of the molecule is c1cc2c(s1)C1(CCOCC1)CNC2. The summed E-state index contributed by atoms with van der Waals surface area (Å²) >= 11 is 1.94. The molecule has 3 heterocycles. The van der Waals surface area contributed by atoms with E-state index in [1.165, 1.54) is 18.4 Å². The fourth-order valence-corrected chi connectivity index (χ4v) is 3.81. The van der Waals surface area contributed by atoms with Crippen molar-refractivity contribution in [3.8, 4) is 0 Å². The van der Waals surface area contributed by atoms with Crippen molar-refractivity contribution in [1.82, 2.24) is 5.32 Å². The molecule has 0 saturated carbocycles. The molecule has 2 aliphatic heterocycles. The quantitative estimate of drug-likeness (QED) is 0.704. The van der Waals surface area contributed by atoms with Crippen molar-refractivity contribution in [3.05, 3.63) is 21.9 Å². The first-order valence-electron chi connectivity index (χ1n) is 5.26. The van der Waals surface area contributed by atoms with Crippen LogP contribution in [0.2, 0.25) is 0 Å². The van der Waals surface area contributed by atoms with Crippen LogP contribution in [0.4, 0.5) is 0 Å². The number of ether oxygens (including phenoxy) is 1. The molecular weight excluding hydrogens is 194 g/mol. The van der Waals surface area contributed by atoms with Crippen LogP contribution < -0.4 is 5.32 Å². The summed E-state index contributed by atoms with van der Waals surface area (Å²) in [4.78, 5) is 1.62. The molecule has 1 N–H and O–H groups in total. The predicted octanol–water partition coefficient (Wildman–Crippen LogP) is 1.90. The van der Waals surface area contributed by atoms with Gasteiger partial charge >= 0.3 is 0 Å². The van der Waals surface area contributed by atoms with Crippen LogP contribution in [0, 0.1) is 0 Å². The van der Waals surface area contributed by atoms with Gasteiger partial charge in [0.2, 0.25) is 0 Å². The third-order valence-electron chi connectivity index (χ3n) is 3.46. The van der Waals surface area contributed by atoms with E-state index in [2.05, 4.69) is 16.8 Å². The molecule has 3 rings (SSSR count). The van der Waals surface area contributed by atoms with Crippen molar-refractivity contribution in [1.29, 1.82) is 0 Å². The summed E-state index contributed by atoms with van der Waals surface area (Å²) < 4.78 is 5.47. The highest BCUT2D eigenvalue weighted by atomic mass is 32.1. The highest BCUT2D eigenvalue weighted by molar-refractivity contribution is 7.10. The average molecular weight is 209 g/mol. The van der Waals surface area contributed by atoms with E-state index in [1.54, 1.807) is 4.88 Å². The van der Waals surface area contributed by atoms with Crippen molar-refractivity contribution in [3.63, 3.8) is 0 Å². The molecule has 1 fully saturated rings. The van der Waals surface area contributed by atoms with E-state index >= 15 is 0 Å². The van der Waals surface area contributed by atoms with Crippen molar-refractivity contribution in [2.75, 3.05) is 19.8 Å². The Bertz CT molecular complexity index is 328. The second kappa shape index (κ2) is 3.33. The van der Waals surface area contributed by atoms with Gasteiger partial charge in [-0.05, 0) is 29.9 Å². The van der Waals surface area contributed by atoms with E-state index in [1.807, 2.05) is 11.3 Å². The second-order valence-corrected chi connectivity index (χ2v) is 5.19. The molecule has 0 bridgehead atoms. The maximum atomic E-state index is 5.47. The van der Waals surface area contributed by atoms with E-state index in [0.717, 1.165) is 26.3 Å². The largest absolute Gasteiger partial charge is 0.381 e. The van der Waals surface area contributed by atoms with Crippen LogP contribution in [0.25, 0.3) is 0 Å². The molecular formula is C11H15NOS. The number of thiophene rings is 1. The highest BCUT2D eigenvalue weighted by Crippen LogP contribution is 2.41. The number of nitrogens with one attached hydrogen (secondary N) is 1. The van der Waals surface area contributed by atoms with Crippen LogP contribution in [0.3, 0.4) is 0 Å². The molecule has 1 saturated heterocycles. The molecule has 1 aromatic heterocycles. The van der Waals surface area contributed by atoms with Gasteiger partial charge in [-0.1, -0.05) is 0 Å². The summed E-state index contributed by atoms with van der Waals surface area (Å²) in [6.07, 6.45) is 2.38. The second-order valence-electron chi connectivity index (χ2n) is 4.27. The Morgan fingerprint density at radius 3 is 3.07 bits per heavy atom. The molecule has 0 aromatic carbocycles. The van der Waals surface area contributed by atoms with Gasteiger partial charge in [0.25, 0.3) is 0 Å². The first-order valence-corrected chi connectivity index (χ1v) is 6.14.